The molecule has 0 atom stereocenters. The third-order valence-electron chi connectivity index (χ3n) is 2.92. The number of fused-ring (bicyclic) bond motifs is 1. The zero-order valence-electron chi connectivity index (χ0n) is 9.97. The molecular formula is C11H13F3N4. The largest absolute Gasteiger partial charge is 0.418 e. The van der Waals surface area contributed by atoms with E-state index in [1.165, 1.54) is 0 Å². The second-order valence-corrected chi connectivity index (χ2v) is 4.02. The van der Waals surface area contributed by atoms with E-state index in [0.29, 0.717) is 17.9 Å². The Morgan fingerprint density at radius 2 is 1.89 bits per heavy atom. The number of anilines is 2. The van der Waals surface area contributed by atoms with Crippen LogP contribution in [0, 0.1) is 6.92 Å². The highest BCUT2D eigenvalue weighted by Crippen LogP contribution is 2.40. The van der Waals surface area contributed by atoms with Gasteiger partial charge in [-0.05, 0) is 19.9 Å². The molecule has 0 aliphatic carbocycles. The smallest absolute Gasteiger partial charge is 0.397 e. The Bertz CT molecular complexity index is 613. The Morgan fingerprint density at radius 3 is 2.39 bits per heavy atom. The van der Waals surface area contributed by atoms with Gasteiger partial charge < -0.3 is 16.0 Å². The molecule has 1 aromatic carbocycles. The normalized spacial score (nSPS) is 12.3. The molecule has 0 radical (unpaired) electrons. The summed E-state index contributed by atoms with van der Waals surface area (Å²) in [6.07, 6.45) is -4.53. The minimum absolute atomic E-state index is 0.0673. The van der Waals surface area contributed by atoms with Crippen molar-refractivity contribution >= 4 is 22.4 Å². The highest BCUT2D eigenvalue weighted by Gasteiger charge is 2.35. The van der Waals surface area contributed by atoms with Crippen molar-refractivity contribution < 1.29 is 13.2 Å². The molecule has 2 rings (SSSR count). The number of nitrogen functional groups attached to an aromatic ring is 2. The molecule has 98 valence electrons. The van der Waals surface area contributed by atoms with Gasteiger partial charge in [-0.1, -0.05) is 0 Å². The minimum Gasteiger partial charge on any atom is -0.397 e. The van der Waals surface area contributed by atoms with Crippen LogP contribution >= 0.6 is 0 Å². The third-order valence-corrected chi connectivity index (χ3v) is 2.92. The first kappa shape index (κ1) is 12.5. The second-order valence-electron chi connectivity index (χ2n) is 4.02. The molecule has 0 fully saturated rings. The van der Waals surface area contributed by atoms with E-state index in [1.54, 1.807) is 11.5 Å². The van der Waals surface area contributed by atoms with Crippen molar-refractivity contribution in [3.8, 4) is 0 Å². The first-order chi connectivity index (χ1) is 8.27. The predicted molar refractivity (Wildman–Crippen MR) is 64.0 cm³/mol. The maximum atomic E-state index is 12.8. The van der Waals surface area contributed by atoms with Crippen LogP contribution in [0.15, 0.2) is 6.07 Å². The van der Waals surface area contributed by atoms with Crippen molar-refractivity contribution in [3.05, 3.63) is 17.5 Å². The van der Waals surface area contributed by atoms with E-state index in [0.717, 1.165) is 6.07 Å². The highest BCUT2D eigenvalue weighted by molar-refractivity contribution is 5.96. The van der Waals surface area contributed by atoms with Crippen LogP contribution in [0.4, 0.5) is 24.5 Å². The van der Waals surface area contributed by atoms with Crippen molar-refractivity contribution in [1.82, 2.24) is 9.55 Å². The number of nitrogens with two attached hydrogens (primary N) is 2. The maximum Gasteiger partial charge on any atom is 0.418 e. The van der Waals surface area contributed by atoms with Gasteiger partial charge in [0, 0.05) is 6.54 Å². The van der Waals surface area contributed by atoms with Crippen molar-refractivity contribution in [2.45, 2.75) is 26.6 Å². The van der Waals surface area contributed by atoms with E-state index in [4.69, 9.17) is 11.5 Å². The lowest BCUT2D eigenvalue weighted by atomic mass is 10.1. The van der Waals surface area contributed by atoms with Gasteiger partial charge in [-0.3, -0.25) is 0 Å². The van der Waals surface area contributed by atoms with Crippen molar-refractivity contribution in [2.24, 2.45) is 0 Å². The fourth-order valence-electron chi connectivity index (χ4n) is 2.08. The summed E-state index contributed by atoms with van der Waals surface area (Å²) < 4.78 is 40.1. The van der Waals surface area contributed by atoms with Gasteiger partial charge in [-0.15, -0.1) is 0 Å². The lowest BCUT2D eigenvalue weighted by Crippen LogP contribution is -2.12. The molecule has 0 amide bonds. The first-order valence-electron chi connectivity index (χ1n) is 5.39. The average Bonchev–Trinajstić information content (AvgIpc) is 2.58. The molecule has 7 heteroatoms. The fourth-order valence-corrected chi connectivity index (χ4v) is 2.08. The highest BCUT2D eigenvalue weighted by atomic mass is 19.4. The monoisotopic (exact) mass is 258 g/mol. The summed E-state index contributed by atoms with van der Waals surface area (Å²) in [7, 11) is 0. The Hall–Kier alpha value is -1.92. The summed E-state index contributed by atoms with van der Waals surface area (Å²) in [6.45, 7) is 4.14. The number of aromatic nitrogens is 2. The number of hydrogen-bond acceptors (Lipinski definition) is 3. The topological polar surface area (TPSA) is 69.9 Å². The molecule has 0 spiro atoms. The molecule has 0 aliphatic rings. The number of aryl methyl sites for hydroxylation is 2. The second kappa shape index (κ2) is 3.79. The van der Waals surface area contributed by atoms with E-state index in [1.807, 2.05) is 6.92 Å². The minimum atomic E-state index is -4.53. The third kappa shape index (κ3) is 1.66. The molecule has 0 saturated carbocycles. The maximum absolute atomic E-state index is 12.8. The van der Waals surface area contributed by atoms with E-state index in [-0.39, 0.29) is 11.2 Å². The summed E-state index contributed by atoms with van der Waals surface area (Å²) in [5, 5.41) is 0. The Morgan fingerprint density at radius 1 is 1.28 bits per heavy atom. The fraction of sp³-hybridized carbons (Fsp3) is 0.364. The first-order valence-corrected chi connectivity index (χ1v) is 5.39. The standard InChI is InChI=1S/C11H13F3N4/c1-3-18-5(2)17-7-4-6(11(12,13)14)8(15)9(16)10(7)18/h4H,3,15-16H2,1-2H3. The van der Waals surface area contributed by atoms with E-state index in [2.05, 4.69) is 4.98 Å². The summed E-state index contributed by atoms with van der Waals surface area (Å²) in [6, 6.07) is 0.945. The van der Waals surface area contributed by atoms with Gasteiger partial charge >= 0.3 is 6.18 Å². The van der Waals surface area contributed by atoms with Gasteiger partial charge in [-0.2, -0.15) is 13.2 Å². The van der Waals surface area contributed by atoms with E-state index < -0.39 is 17.4 Å². The molecule has 18 heavy (non-hydrogen) atoms. The number of benzene rings is 1. The van der Waals surface area contributed by atoms with E-state index in [9.17, 15) is 13.2 Å². The van der Waals surface area contributed by atoms with Crippen LogP contribution in [0.5, 0.6) is 0 Å². The number of imidazole rings is 1. The molecule has 4 nitrogen and oxygen atoms in total. The van der Waals surface area contributed by atoms with Gasteiger partial charge in [0.25, 0.3) is 0 Å². The van der Waals surface area contributed by atoms with Gasteiger partial charge in [0.1, 0.15) is 5.82 Å². The van der Waals surface area contributed by atoms with Gasteiger partial charge in [-0.25, -0.2) is 4.98 Å². The zero-order chi connectivity index (χ0) is 13.7. The lowest BCUT2D eigenvalue weighted by Gasteiger charge is -2.13. The molecule has 1 heterocycles. The van der Waals surface area contributed by atoms with Crippen LogP contribution in [-0.2, 0) is 12.7 Å². The molecular weight excluding hydrogens is 245 g/mol. The molecule has 0 aliphatic heterocycles. The predicted octanol–water partition coefficient (Wildman–Crippen LogP) is 2.55. The molecule has 0 bridgehead atoms. The quantitative estimate of drug-likeness (QED) is 0.772. The SMILES string of the molecule is CCn1c(C)nc2cc(C(F)(F)F)c(N)c(N)c21. The Balaban J connectivity index is 2.88. The summed E-state index contributed by atoms with van der Waals surface area (Å²) in [5.41, 5.74) is 10.4. The van der Waals surface area contributed by atoms with Crippen LogP contribution in [0.1, 0.15) is 18.3 Å². The summed E-state index contributed by atoms with van der Waals surface area (Å²) in [5.74, 6) is 0.609. The summed E-state index contributed by atoms with van der Waals surface area (Å²) >= 11 is 0. The summed E-state index contributed by atoms with van der Waals surface area (Å²) in [4.78, 5) is 4.09. The molecule has 4 N–H and O–H groups in total. The molecule has 0 saturated heterocycles. The Labute approximate surface area is 101 Å². The van der Waals surface area contributed by atoms with Gasteiger partial charge in [0.2, 0.25) is 0 Å². The number of halogens is 3. The van der Waals surface area contributed by atoms with Crippen molar-refractivity contribution in [1.29, 1.82) is 0 Å². The van der Waals surface area contributed by atoms with Crippen molar-refractivity contribution in [2.75, 3.05) is 11.5 Å². The van der Waals surface area contributed by atoms with Crippen LogP contribution in [-0.4, -0.2) is 9.55 Å². The number of hydrogen-bond donors (Lipinski definition) is 2. The van der Waals surface area contributed by atoms with Gasteiger partial charge in [0.15, 0.2) is 0 Å². The molecule has 1 aromatic heterocycles. The molecule has 2 aromatic rings. The van der Waals surface area contributed by atoms with E-state index >= 15 is 0 Å². The van der Waals surface area contributed by atoms with Crippen LogP contribution in [0.3, 0.4) is 0 Å². The lowest BCUT2D eigenvalue weighted by molar-refractivity contribution is -0.136. The van der Waals surface area contributed by atoms with Crippen molar-refractivity contribution in [3.63, 3.8) is 0 Å². The number of alkyl halides is 3. The number of nitrogens with zero attached hydrogens (tertiary/aromatic N) is 2. The van der Waals surface area contributed by atoms with Gasteiger partial charge in [0.05, 0.1) is 28.0 Å². The average molecular weight is 258 g/mol. The Kier molecular flexibility index (Phi) is 2.64. The van der Waals surface area contributed by atoms with Crippen LogP contribution < -0.4 is 11.5 Å². The molecule has 0 unspecified atom stereocenters. The number of rotatable bonds is 1. The van der Waals surface area contributed by atoms with Crippen LogP contribution in [0.2, 0.25) is 0 Å². The van der Waals surface area contributed by atoms with Crippen LogP contribution in [0.25, 0.3) is 11.0 Å². The zero-order valence-corrected chi connectivity index (χ0v) is 9.97.